The first kappa shape index (κ1) is 21.5. The monoisotopic (exact) mass is 416 g/mol. The Hall–Kier alpha value is -1.73. The van der Waals surface area contributed by atoms with Crippen molar-refractivity contribution in [2.45, 2.75) is 82.9 Å². The summed E-state index contributed by atoms with van der Waals surface area (Å²) in [6, 6.07) is 5.94. The largest absolute Gasteiger partial charge is 0.497 e. The minimum absolute atomic E-state index is 0.117. The van der Waals surface area contributed by atoms with Crippen LogP contribution in [0.25, 0.3) is 0 Å². The molecule has 1 heterocycles. The summed E-state index contributed by atoms with van der Waals surface area (Å²) in [5.41, 5.74) is -0.620. The van der Waals surface area contributed by atoms with Gasteiger partial charge in [-0.2, -0.15) is 0 Å². The Labute approximate surface area is 179 Å². The van der Waals surface area contributed by atoms with E-state index < -0.39 is 23.7 Å². The fraction of sp³-hybridized carbons (Fsp3) is 0.696. The van der Waals surface area contributed by atoms with Gasteiger partial charge in [0.05, 0.1) is 36.9 Å². The molecule has 1 aliphatic heterocycles. The van der Waals surface area contributed by atoms with Crippen LogP contribution < -0.4 is 9.47 Å². The average molecular weight is 416 g/mol. The summed E-state index contributed by atoms with van der Waals surface area (Å²) < 4.78 is 29.5. The molecule has 1 saturated heterocycles. The smallest absolute Gasteiger partial charge is 0.463 e. The number of hydrogen-bond acceptors (Lipinski definition) is 6. The summed E-state index contributed by atoms with van der Waals surface area (Å²) in [5, 5.41) is 0. The van der Waals surface area contributed by atoms with E-state index in [1.54, 1.807) is 14.2 Å². The number of carbonyl (C=O) groups is 1. The predicted octanol–water partition coefficient (Wildman–Crippen LogP) is 4.15. The maximum absolute atomic E-state index is 13.1. The molecule has 2 bridgehead atoms. The molecule has 0 amide bonds. The van der Waals surface area contributed by atoms with E-state index in [1.807, 2.05) is 59.7 Å². The van der Waals surface area contributed by atoms with E-state index in [-0.39, 0.29) is 23.3 Å². The molecule has 1 unspecified atom stereocenters. The molecule has 30 heavy (non-hydrogen) atoms. The van der Waals surface area contributed by atoms with E-state index in [0.717, 1.165) is 29.9 Å². The standard InChI is InChI=1S/C23H33BO6/c1-14(2)28-19(25)23-12-22(13-23,15-9-16(26-7)11-17(10-15)27-8)18(23)24-29-20(3,4)21(5,6)30-24/h9-11,14,18H,12-13H2,1-8H3. The summed E-state index contributed by atoms with van der Waals surface area (Å²) >= 11 is 0. The van der Waals surface area contributed by atoms with Gasteiger partial charge in [-0.3, -0.25) is 4.79 Å². The molecule has 164 valence electrons. The van der Waals surface area contributed by atoms with Crippen molar-refractivity contribution in [3.8, 4) is 11.5 Å². The highest BCUT2D eigenvalue weighted by atomic mass is 16.7. The third-order valence-corrected chi connectivity index (χ3v) is 7.67. The lowest BCUT2D eigenvalue weighted by Gasteiger charge is -2.75. The lowest BCUT2D eigenvalue weighted by atomic mass is 9.20. The fourth-order valence-corrected chi connectivity index (χ4v) is 5.41. The number of methoxy groups -OCH3 is 2. The minimum Gasteiger partial charge on any atom is -0.497 e. The van der Waals surface area contributed by atoms with Gasteiger partial charge in [-0.25, -0.2) is 0 Å². The SMILES string of the molecule is COc1cc(OC)cc(C23CC(C(=O)OC(C)C)(C2)C3B2OC(C)(C)C(C)(C)O2)c1. The van der Waals surface area contributed by atoms with Crippen LogP contribution >= 0.6 is 0 Å². The molecule has 1 aromatic rings. The van der Waals surface area contributed by atoms with E-state index in [1.165, 1.54) is 0 Å². The van der Waals surface area contributed by atoms with Crippen molar-refractivity contribution in [1.82, 2.24) is 0 Å². The Bertz CT molecular complexity index is 817. The fourth-order valence-electron chi connectivity index (χ4n) is 5.41. The van der Waals surface area contributed by atoms with Gasteiger partial charge in [-0.1, -0.05) is 0 Å². The third-order valence-electron chi connectivity index (χ3n) is 7.67. The number of esters is 1. The first-order valence-electron chi connectivity index (χ1n) is 10.7. The Morgan fingerprint density at radius 3 is 1.93 bits per heavy atom. The molecule has 0 spiro atoms. The summed E-state index contributed by atoms with van der Waals surface area (Å²) in [7, 11) is 2.82. The van der Waals surface area contributed by atoms with Crippen molar-refractivity contribution >= 4 is 13.1 Å². The van der Waals surface area contributed by atoms with Gasteiger partial charge in [-0.05, 0) is 72.1 Å². The number of rotatable bonds is 6. The Morgan fingerprint density at radius 1 is 1.00 bits per heavy atom. The summed E-state index contributed by atoms with van der Waals surface area (Å²) in [5.74, 6) is 1.21. The van der Waals surface area contributed by atoms with E-state index in [4.69, 9.17) is 23.5 Å². The molecule has 0 radical (unpaired) electrons. The van der Waals surface area contributed by atoms with Crippen LogP contribution in [0.2, 0.25) is 5.82 Å². The molecule has 3 saturated carbocycles. The number of hydrogen-bond donors (Lipinski definition) is 0. The Morgan fingerprint density at radius 2 is 1.50 bits per heavy atom. The zero-order valence-electron chi connectivity index (χ0n) is 19.3. The van der Waals surface area contributed by atoms with Gasteiger partial charge in [0.1, 0.15) is 11.5 Å². The maximum atomic E-state index is 13.1. The second kappa shape index (κ2) is 6.63. The van der Waals surface area contributed by atoms with Gasteiger partial charge < -0.3 is 23.5 Å². The zero-order chi connectivity index (χ0) is 22.1. The first-order chi connectivity index (χ1) is 13.9. The number of carbonyl (C=O) groups excluding carboxylic acids is 1. The van der Waals surface area contributed by atoms with Gasteiger partial charge in [0.25, 0.3) is 0 Å². The molecule has 7 heteroatoms. The lowest BCUT2D eigenvalue weighted by Crippen LogP contribution is -2.76. The first-order valence-corrected chi connectivity index (χ1v) is 10.7. The molecular formula is C23H33BO6. The van der Waals surface area contributed by atoms with Crippen LogP contribution in [0.1, 0.15) is 59.9 Å². The topological polar surface area (TPSA) is 63.2 Å². The zero-order valence-corrected chi connectivity index (χ0v) is 19.3. The maximum Gasteiger partial charge on any atom is 0.463 e. The average Bonchev–Trinajstić information content (AvgIpc) is 2.78. The van der Waals surface area contributed by atoms with Gasteiger partial charge in [0, 0.05) is 17.3 Å². The molecule has 5 rings (SSSR count). The Balaban J connectivity index is 1.73. The molecule has 0 N–H and O–H groups in total. The van der Waals surface area contributed by atoms with Crippen molar-refractivity contribution < 1.29 is 28.3 Å². The van der Waals surface area contributed by atoms with E-state index >= 15 is 0 Å². The molecule has 4 aliphatic rings. The van der Waals surface area contributed by atoms with Crippen LogP contribution in [0.5, 0.6) is 11.5 Å². The quantitative estimate of drug-likeness (QED) is 0.513. The molecule has 3 aliphatic carbocycles. The van der Waals surface area contributed by atoms with Crippen molar-refractivity contribution in [2.24, 2.45) is 5.41 Å². The lowest BCUT2D eigenvalue weighted by molar-refractivity contribution is -0.207. The third kappa shape index (κ3) is 2.81. The second-order valence-corrected chi connectivity index (χ2v) is 10.3. The van der Waals surface area contributed by atoms with E-state index in [2.05, 4.69) is 0 Å². The predicted molar refractivity (Wildman–Crippen MR) is 114 cm³/mol. The van der Waals surface area contributed by atoms with Crippen LogP contribution in [0.15, 0.2) is 18.2 Å². The summed E-state index contributed by atoms with van der Waals surface area (Å²) in [6.07, 6.45) is 1.28. The normalized spacial score (nSPS) is 33.0. The summed E-state index contributed by atoms with van der Waals surface area (Å²) in [4.78, 5) is 13.1. The van der Waals surface area contributed by atoms with Crippen molar-refractivity contribution in [3.63, 3.8) is 0 Å². The van der Waals surface area contributed by atoms with Gasteiger partial charge >= 0.3 is 13.1 Å². The van der Waals surface area contributed by atoms with Crippen molar-refractivity contribution in [1.29, 1.82) is 0 Å². The molecule has 4 fully saturated rings. The molecule has 1 aromatic carbocycles. The minimum atomic E-state index is -0.568. The second-order valence-electron chi connectivity index (χ2n) is 10.3. The highest BCUT2D eigenvalue weighted by Crippen LogP contribution is 2.83. The summed E-state index contributed by atoms with van der Waals surface area (Å²) in [6.45, 7) is 11.9. The van der Waals surface area contributed by atoms with Crippen LogP contribution in [-0.2, 0) is 24.3 Å². The van der Waals surface area contributed by atoms with Crippen LogP contribution in [0, 0.1) is 5.41 Å². The molecular weight excluding hydrogens is 383 g/mol. The molecule has 1 atom stereocenters. The van der Waals surface area contributed by atoms with Crippen molar-refractivity contribution in [3.05, 3.63) is 23.8 Å². The Kier molecular flexibility index (Phi) is 4.76. The van der Waals surface area contributed by atoms with Gasteiger partial charge in [-0.15, -0.1) is 0 Å². The van der Waals surface area contributed by atoms with E-state index in [9.17, 15) is 4.79 Å². The van der Waals surface area contributed by atoms with Gasteiger partial charge in [0.2, 0.25) is 0 Å². The van der Waals surface area contributed by atoms with Crippen molar-refractivity contribution in [2.75, 3.05) is 14.2 Å². The highest BCUT2D eigenvalue weighted by Gasteiger charge is 2.84. The van der Waals surface area contributed by atoms with Crippen LogP contribution in [0.4, 0.5) is 0 Å². The molecule has 6 nitrogen and oxygen atoms in total. The van der Waals surface area contributed by atoms with Crippen LogP contribution in [0.3, 0.4) is 0 Å². The number of ether oxygens (including phenoxy) is 3. The van der Waals surface area contributed by atoms with Crippen LogP contribution in [-0.4, -0.2) is 44.6 Å². The van der Waals surface area contributed by atoms with E-state index in [0.29, 0.717) is 0 Å². The molecule has 0 aromatic heterocycles. The van der Waals surface area contributed by atoms with Gasteiger partial charge in [0.15, 0.2) is 0 Å². The number of benzene rings is 1. The highest BCUT2D eigenvalue weighted by molar-refractivity contribution is 6.50.